The third-order valence-electron chi connectivity index (χ3n) is 5.10. The van der Waals surface area contributed by atoms with E-state index in [0.717, 1.165) is 37.4 Å². The number of nitrogens with zero attached hydrogens (tertiary/aromatic N) is 6. The Kier molecular flexibility index (Phi) is 5.29. The average molecular weight is 377 g/mol. The zero-order chi connectivity index (χ0) is 19.3. The van der Waals surface area contributed by atoms with Crippen molar-refractivity contribution in [1.82, 2.24) is 30.0 Å². The van der Waals surface area contributed by atoms with Crippen molar-refractivity contribution in [3.8, 4) is 5.69 Å². The lowest BCUT2D eigenvalue weighted by molar-refractivity contribution is 0.201. The van der Waals surface area contributed by atoms with Crippen LogP contribution in [0, 0.1) is 0 Å². The van der Waals surface area contributed by atoms with Crippen molar-refractivity contribution >= 4 is 11.7 Å². The Morgan fingerprint density at radius 2 is 1.96 bits per heavy atom. The summed E-state index contributed by atoms with van der Waals surface area (Å²) in [6.45, 7) is 2.81. The molecule has 0 aliphatic carbocycles. The summed E-state index contributed by atoms with van der Waals surface area (Å²) in [4.78, 5) is 16.8. The highest BCUT2D eigenvalue weighted by Gasteiger charge is 2.28. The summed E-state index contributed by atoms with van der Waals surface area (Å²) >= 11 is 0. The van der Waals surface area contributed by atoms with Crippen LogP contribution in [-0.2, 0) is 6.54 Å². The largest absolute Gasteiger partial charge is 0.323 e. The molecule has 2 amide bonds. The van der Waals surface area contributed by atoms with E-state index in [-0.39, 0.29) is 12.1 Å². The van der Waals surface area contributed by atoms with Gasteiger partial charge in [-0.1, -0.05) is 30.3 Å². The Morgan fingerprint density at radius 1 is 1.18 bits per heavy atom. The first-order valence-electron chi connectivity index (χ1n) is 9.32. The molecule has 0 radical (unpaired) electrons. The molecule has 1 aromatic heterocycles. The highest BCUT2D eigenvalue weighted by Crippen LogP contribution is 2.19. The average Bonchev–Trinajstić information content (AvgIpc) is 3.41. The first-order valence-corrected chi connectivity index (χ1v) is 9.32. The zero-order valence-corrected chi connectivity index (χ0v) is 15.8. The van der Waals surface area contributed by atoms with Gasteiger partial charge in [0.15, 0.2) is 0 Å². The fourth-order valence-corrected chi connectivity index (χ4v) is 3.47. The Balaban J connectivity index is 1.31. The Hall–Kier alpha value is -3.26. The molecule has 0 saturated carbocycles. The Morgan fingerprint density at radius 3 is 2.68 bits per heavy atom. The van der Waals surface area contributed by atoms with Crippen LogP contribution in [0.25, 0.3) is 5.69 Å². The van der Waals surface area contributed by atoms with E-state index in [2.05, 4.69) is 50.0 Å². The highest BCUT2D eigenvalue weighted by atomic mass is 16.2. The molecule has 28 heavy (non-hydrogen) atoms. The van der Waals surface area contributed by atoms with Gasteiger partial charge in [-0.25, -0.2) is 9.48 Å². The van der Waals surface area contributed by atoms with Crippen LogP contribution in [0.5, 0.6) is 0 Å². The Labute approximate surface area is 163 Å². The van der Waals surface area contributed by atoms with E-state index in [4.69, 9.17) is 0 Å². The van der Waals surface area contributed by atoms with E-state index in [0.29, 0.717) is 0 Å². The van der Waals surface area contributed by atoms with Crippen molar-refractivity contribution in [2.24, 2.45) is 0 Å². The van der Waals surface area contributed by atoms with Gasteiger partial charge in [0.05, 0.1) is 5.69 Å². The first kappa shape index (κ1) is 18.1. The van der Waals surface area contributed by atoms with Crippen LogP contribution in [-0.4, -0.2) is 62.2 Å². The van der Waals surface area contributed by atoms with Gasteiger partial charge in [0, 0.05) is 38.4 Å². The number of likely N-dealkylation sites (N-methyl/N-ethyl adjacent to an activating group) is 1. The quantitative estimate of drug-likeness (QED) is 0.739. The lowest BCUT2D eigenvalue weighted by atomic mass is 10.2. The molecule has 0 spiro atoms. The number of hydrogen-bond acceptors (Lipinski definition) is 5. The lowest BCUT2D eigenvalue weighted by Gasteiger charge is -2.25. The first-order chi connectivity index (χ1) is 13.7. The molecular formula is C20H23N7O. The van der Waals surface area contributed by atoms with Crippen molar-refractivity contribution in [2.45, 2.75) is 19.0 Å². The van der Waals surface area contributed by atoms with Gasteiger partial charge in [0.2, 0.25) is 0 Å². The molecule has 1 atom stereocenters. The molecule has 0 bridgehead atoms. The standard InChI is InChI=1S/C20H23N7O/c1-25(19-11-12-26(14-19)13-16-5-3-2-4-6-16)20(28)22-17-7-9-18(10-8-17)27-15-21-23-24-27/h2-10,15,19H,11-14H2,1H3,(H,22,28)/t19-/m1/s1. The molecule has 8 heteroatoms. The smallest absolute Gasteiger partial charge is 0.321 e. The van der Waals surface area contributed by atoms with Crippen molar-refractivity contribution in [1.29, 1.82) is 0 Å². The van der Waals surface area contributed by atoms with Crippen LogP contribution in [0.1, 0.15) is 12.0 Å². The molecule has 1 fully saturated rings. The van der Waals surface area contributed by atoms with E-state index in [1.807, 2.05) is 37.4 Å². The van der Waals surface area contributed by atoms with Crippen molar-refractivity contribution in [3.05, 3.63) is 66.5 Å². The fraction of sp³-hybridized carbons (Fsp3) is 0.300. The van der Waals surface area contributed by atoms with Crippen LogP contribution in [0.3, 0.4) is 0 Å². The predicted molar refractivity (Wildman–Crippen MR) is 106 cm³/mol. The molecular weight excluding hydrogens is 354 g/mol. The van der Waals surface area contributed by atoms with E-state index >= 15 is 0 Å². The predicted octanol–water partition coefficient (Wildman–Crippen LogP) is 2.40. The molecule has 8 nitrogen and oxygen atoms in total. The van der Waals surface area contributed by atoms with Crippen molar-refractivity contribution in [3.63, 3.8) is 0 Å². The topological polar surface area (TPSA) is 79.2 Å². The second-order valence-electron chi connectivity index (χ2n) is 7.01. The normalized spacial score (nSPS) is 16.8. The number of urea groups is 1. The van der Waals surface area contributed by atoms with E-state index in [9.17, 15) is 4.79 Å². The summed E-state index contributed by atoms with van der Waals surface area (Å²) < 4.78 is 1.57. The summed E-state index contributed by atoms with van der Waals surface area (Å²) in [5, 5.41) is 14.1. The monoisotopic (exact) mass is 377 g/mol. The van der Waals surface area contributed by atoms with Gasteiger partial charge in [-0.05, 0) is 46.7 Å². The van der Waals surface area contributed by atoms with Gasteiger partial charge in [-0.3, -0.25) is 4.90 Å². The minimum atomic E-state index is -0.0956. The number of amides is 2. The number of tetrazole rings is 1. The van der Waals surface area contributed by atoms with Gasteiger partial charge in [-0.2, -0.15) is 0 Å². The maximum absolute atomic E-state index is 12.6. The lowest BCUT2D eigenvalue weighted by Crippen LogP contribution is -2.41. The Bertz CT molecular complexity index is 896. The van der Waals surface area contributed by atoms with E-state index in [1.54, 1.807) is 9.58 Å². The maximum Gasteiger partial charge on any atom is 0.321 e. The van der Waals surface area contributed by atoms with Crippen molar-refractivity contribution < 1.29 is 4.79 Å². The zero-order valence-electron chi connectivity index (χ0n) is 15.8. The van der Waals surface area contributed by atoms with Crippen LogP contribution in [0.2, 0.25) is 0 Å². The van der Waals surface area contributed by atoms with Crippen LogP contribution in [0.4, 0.5) is 10.5 Å². The van der Waals surface area contributed by atoms with Crippen molar-refractivity contribution in [2.75, 3.05) is 25.5 Å². The van der Waals surface area contributed by atoms with E-state index in [1.165, 1.54) is 11.9 Å². The number of carbonyl (C=O) groups excluding carboxylic acids is 1. The second-order valence-corrected chi connectivity index (χ2v) is 7.01. The van der Waals surface area contributed by atoms with E-state index < -0.39 is 0 Å². The molecule has 4 rings (SSSR count). The molecule has 3 aromatic rings. The molecule has 1 saturated heterocycles. The van der Waals surface area contributed by atoms with Gasteiger partial charge in [0.1, 0.15) is 6.33 Å². The number of rotatable bonds is 5. The summed E-state index contributed by atoms with van der Waals surface area (Å²) in [6.07, 6.45) is 2.51. The summed E-state index contributed by atoms with van der Waals surface area (Å²) in [7, 11) is 1.86. The SMILES string of the molecule is CN(C(=O)Nc1ccc(-n2cnnn2)cc1)[C@@H]1CCN(Cc2ccccc2)C1. The molecule has 0 unspecified atom stereocenters. The second kappa shape index (κ2) is 8.18. The number of nitrogens with one attached hydrogen (secondary N) is 1. The number of aromatic nitrogens is 4. The third-order valence-corrected chi connectivity index (χ3v) is 5.10. The minimum Gasteiger partial charge on any atom is -0.323 e. The third kappa shape index (κ3) is 4.17. The molecule has 144 valence electrons. The minimum absolute atomic E-state index is 0.0956. The number of benzene rings is 2. The fourth-order valence-electron chi connectivity index (χ4n) is 3.47. The maximum atomic E-state index is 12.6. The van der Waals surface area contributed by atoms with Gasteiger partial charge in [0.25, 0.3) is 0 Å². The summed E-state index contributed by atoms with van der Waals surface area (Å²) in [5.74, 6) is 0. The molecule has 2 aromatic carbocycles. The summed E-state index contributed by atoms with van der Waals surface area (Å²) in [5.41, 5.74) is 2.88. The summed E-state index contributed by atoms with van der Waals surface area (Å²) in [6, 6.07) is 18.0. The molecule has 2 heterocycles. The molecule has 1 N–H and O–H groups in total. The molecule has 1 aliphatic rings. The van der Waals surface area contributed by atoms with Gasteiger partial charge in [-0.15, -0.1) is 5.10 Å². The number of likely N-dealkylation sites (tertiary alicyclic amines) is 1. The number of hydrogen-bond donors (Lipinski definition) is 1. The van der Waals surface area contributed by atoms with Crippen LogP contribution < -0.4 is 5.32 Å². The number of anilines is 1. The number of carbonyl (C=O) groups is 1. The van der Waals surface area contributed by atoms with Crippen LogP contribution >= 0.6 is 0 Å². The van der Waals surface area contributed by atoms with Gasteiger partial charge < -0.3 is 10.2 Å². The van der Waals surface area contributed by atoms with Gasteiger partial charge >= 0.3 is 6.03 Å². The molecule has 1 aliphatic heterocycles. The van der Waals surface area contributed by atoms with Crippen LogP contribution in [0.15, 0.2) is 60.9 Å². The highest BCUT2D eigenvalue weighted by molar-refractivity contribution is 5.89.